The summed E-state index contributed by atoms with van der Waals surface area (Å²) in [6.07, 6.45) is -2.35. The van der Waals surface area contributed by atoms with Crippen LogP contribution in [0.25, 0.3) is 0 Å². The Bertz CT molecular complexity index is 320. The number of rotatable bonds is 5. The van der Waals surface area contributed by atoms with Crippen molar-refractivity contribution < 1.29 is 17.9 Å². The van der Waals surface area contributed by atoms with Gasteiger partial charge in [-0.15, -0.1) is 0 Å². The maximum Gasteiger partial charge on any atom is 0.411 e. The second-order valence-electron chi connectivity index (χ2n) is 3.15. The summed E-state index contributed by atoms with van der Waals surface area (Å²) in [4.78, 5) is 0. The van der Waals surface area contributed by atoms with E-state index in [1.807, 2.05) is 0 Å². The van der Waals surface area contributed by atoms with Crippen molar-refractivity contribution in [3.8, 4) is 0 Å². The summed E-state index contributed by atoms with van der Waals surface area (Å²) in [5, 5.41) is 4.17. The number of nitrogen functional groups attached to an aromatic ring is 1. The molecule has 1 aromatic heterocycles. The van der Waals surface area contributed by atoms with Crippen LogP contribution in [-0.2, 0) is 11.3 Å². The molecule has 0 aliphatic heterocycles. The highest BCUT2D eigenvalue weighted by molar-refractivity contribution is 6.32. The predicted octanol–water partition coefficient (Wildman–Crippen LogP) is 2.09. The van der Waals surface area contributed by atoms with Gasteiger partial charge in [0.05, 0.1) is 0 Å². The van der Waals surface area contributed by atoms with Gasteiger partial charge in [0.2, 0.25) is 0 Å². The molecule has 8 heteroatoms. The number of ether oxygens (including phenoxy) is 1. The van der Waals surface area contributed by atoms with Gasteiger partial charge in [-0.05, 0) is 6.42 Å². The van der Waals surface area contributed by atoms with Crippen LogP contribution in [-0.4, -0.2) is 29.2 Å². The third-order valence-corrected chi connectivity index (χ3v) is 1.98. The Hall–Kier alpha value is -0.950. The molecule has 1 rings (SSSR count). The summed E-state index contributed by atoms with van der Waals surface area (Å²) in [5.74, 6) is 0.206. The molecular weight excluding hydrogens is 247 g/mol. The number of nitrogens with two attached hydrogens (primary N) is 1. The fourth-order valence-corrected chi connectivity index (χ4v) is 1.19. The van der Waals surface area contributed by atoms with E-state index in [1.165, 1.54) is 10.9 Å². The zero-order valence-corrected chi connectivity index (χ0v) is 9.05. The zero-order valence-electron chi connectivity index (χ0n) is 8.30. The topological polar surface area (TPSA) is 53.1 Å². The van der Waals surface area contributed by atoms with Gasteiger partial charge in [0.25, 0.3) is 0 Å². The molecule has 0 bridgehead atoms. The lowest BCUT2D eigenvalue weighted by Gasteiger charge is -2.07. The molecule has 2 N–H and O–H groups in total. The van der Waals surface area contributed by atoms with E-state index in [2.05, 4.69) is 9.84 Å². The van der Waals surface area contributed by atoms with E-state index < -0.39 is 12.8 Å². The third-order valence-electron chi connectivity index (χ3n) is 1.68. The van der Waals surface area contributed by atoms with Crippen molar-refractivity contribution in [2.45, 2.75) is 19.1 Å². The van der Waals surface area contributed by atoms with Crippen molar-refractivity contribution in [1.29, 1.82) is 0 Å². The summed E-state index contributed by atoms with van der Waals surface area (Å²) >= 11 is 5.64. The van der Waals surface area contributed by atoms with Crippen molar-refractivity contribution in [2.75, 3.05) is 18.9 Å². The van der Waals surface area contributed by atoms with Crippen LogP contribution >= 0.6 is 11.6 Å². The fraction of sp³-hybridized carbons (Fsp3) is 0.625. The van der Waals surface area contributed by atoms with Gasteiger partial charge in [-0.2, -0.15) is 18.3 Å². The Balaban J connectivity index is 2.16. The van der Waals surface area contributed by atoms with Crippen LogP contribution in [0.5, 0.6) is 0 Å². The summed E-state index contributed by atoms with van der Waals surface area (Å²) in [7, 11) is 0. The standard InChI is InChI=1S/C8H11ClF3N3O/c9-6-4-15(14-7(6)13)2-1-3-16-5-8(10,11)12/h4H,1-3,5H2,(H2,13,14). The van der Waals surface area contributed by atoms with E-state index in [0.29, 0.717) is 18.0 Å². The minimum absolute atomic E-state index is 0.0108. The molecular formula is C8H11ClF3N3O. The predicted molar refractivity (Wildman–Crippen MR) is 53.1 cm³/mol. The first-order valence-electron chi connectivity index (χ1n) is 4.51. The first-order chi connectivity index (χ1) is 7.38. The summed E-state index contributed by atoms with van der Waals surface area (Å²) in [6, 6.07) is 0. The average Bonchev–Trinajstić information content (AvgIpc) is 2.44. The molecule has 0 aliphatic rings. The van der Waals surface area contributed by atoms with Crippen molar-refractivity contribution in [3.63, 3.8) is 0 Å². The highest BCUT2D eigenvalue weighted by Crippen LogP contribution is 2.16. The molecule has 0 radical (unpaired) electrons. The lowest BCUT2D eigenvalue weighted by atomic mass is 10.4. The van der Waals surface area contributed by atoms with Gasteiger partial charge in [0.1, 0.15) is 11.6 Å². The first-order valence-corrected chi connectivity index (χ1v) is 4.89. The number of aryl methyl sites for hydroxylation is 1. The van der Waals surface area contributed by atoms with Gasteiger partial charge in [-0.3, -0.25) is 4.68 Å². The average molecular weight is 258 g/mol. The van der Waals surface area contributed by atoms with E-state index in [-0.39, 0.29) is 12.4 Å². The summed E-state index contributed by atoms with van der Waals surface area (Å²) < 4.78 is 41.0. The van der Waals surface area contributed by atoms with E-state index in [9.17, 15) is 13.2 Å². The highest BCUT2D eigenvalue weighted by Gasteiger charge is 2.27. The van der Waals surface area contributed by atoms with E-state index in [4.69, 9.17) is 17.3 Å². The first kappa shape index (κ1) is 13.1. The minimum atomic E-state index is -4.28. The fourth-order valence-electron chi connectivity index (χ4n) is 1.04. The second kappa shape index (κ2) is 5.40. The maximum atomic E-state index is 11.7. The van der Waals surface area contributed by atoms with Crippen molar-refractivity contribution in [1.82, 2.24) is 9.78 Å². The van der Waals surface area contributed by atoms with Crippen LogP contribution in [0.1, 0.15) is 6.42 Å². The molecule has 16 heavy (non-hydrogen) atoms. The van der Waals surface area contributed by atoms with Gasteiger partial charge in [-0.25, -0.2) is 0 Å². The van der Waals surface area contributed by atoms with Crippen LogP contribution in [0.4, 0.5) is 19.0 Å². The van der Waals surface area contributed by atoms with E-state index in [1.54, 1.807) is 0 Å². The van der Waals surface area contributed by atoms with Crippen molar-refractivity contribution >= 4 is 17.4 Å². The van der Waals surface area contributed by atoms with Gasteiger partial charge >= 0.3 is 6.18 Å². The van der Waals surface area contributed by atoms with E-state index >= 15 is 0 Å². The Labute approximate surface area is 95.1 Å². The molecule has 0 saturated carbocycles. The SMILES string of the molecule is Nc1nn(CCCOCC(F)(F)F)cc1Cl. The molecule has 4 nitrogen and oxygen atoms in total. The lowest BCUT2D eigenvalue weighted by Crippen LogP contribution is -2.17. The molecule has 0 fully saturated rings. The number of alkyl halides is 3. The second-order valence-corrected chi connectivity index (χ2v) is 3.55. The number of halogens is 4. The molecule has 1 aromatic rings. The number of hydrogen-bond donors (Lipinski definition) is 1. The van der Waals surface area contributed by atoms with Crippen LogP contribution in [0.2, 0.25) is 5.02 Å². The quantitative estimate of drug-likeness (QED) is 0.822. The summed E-state index contributed by atoms with van der Waals surface area (Å²) in [6.45, 7) is -0.805. The monoisotopic (exact) mass is 257 g/mol. The number of anilines is 1. The molecule has 1 heterocycles. The highest BCUT2D eigenvalue weighted by atomic mass is 35.5. The molecule has 0 atom stereocenters. The van der Waals surface area contributed by atoms with Crippen molar-refractivity contribution in [3.05, 3.63) is 11.2 Å². The van der Waals surface area contributed by atoms with Crippen LogP contribution in [0.3, 0.4) is 0 Å². The summed E-state index contributed by atoms with van der Waals surface area (Å²) in [5.41, 5.74) is 5.38. The zero-order chi connectivity index (χ0) is 12.2. The van der Waals surface area contributed by atoms with Crippen molar-refractivity contribution in [2.24, 2.45) is 0 Å². The Morgan fingerprint density at radius 1 is 1.50 bits per heavy atom. The van der Waals surface area contributed by atoms with Gasteiger partial charge in [0, 0.05) is 19.3 Å². The normalized spacial score (nSPS) is 12.0. The molecule has 92 valence electrons. The largest absolute Gasteiger partial charge is 0.411 e. The number of aromatic nitrogens is 2. The van der Waals surface area contributed by atoms with Crippen LogP contribution in [0.15, 0.2) is 6.20 Å². The lowest BCUT2D eigenvalue weighted by molar-refractivity contribution is -0.174. The third kappa shape index (κ3) is 4.71. The van der Waals surface area contributed by atoms with Gasteiger partial charge in [0.15, 0.2) is 5.82 Å². The van der Waals surface area contributed by atoms with Crippen LogP contribution < -0.4 is 5.73 Å². The van der Waals surface area contributed by atoms with Gasteiger partial charge < -0.3 is 10.5 Å². The molecule has 0 unspecified atom stereocenters. The molecule has 0 aliphatic carbocycles. The number of hydrogen-bond acceptors (Lipinski definition) is 3. The Morgan fingerprint density at radius 2 is 2.19 bits per heavy atom. The minimum Gasteiger partial charge on any atom is -0.381 e. The molecule has 0 spiro atoms. The van der Waals surface area contributed by atoms with Crippen LogP contribution in [0, 0.1) is 0 Å². The maximum absolute atomic E-state index is 11.7. The molecule has 0 saturated heterocycles. The van der Waals surface area contributed by atoms with Gasteiger partial charge in [-0.1, -0.05) is 11.6 Å². The molecule has 0 aromatic carbocycles. The Morgan fingerprint density at radius 3 is 2.69 bits per heavy atom. The number of nitrogens with zero attached hydrogens (tertiary/aromatic N) is 2. The molecule has 0 amide bonds. The smallest absolute Gasteiger partial charge is 0.381 e. The Kier molecular flexibility index (Phi) is 4.43. The van der Waals surface area contributed by atoms with E-state index in [0.717, 1.165) is 0 Å².